The van der Waals surface area contributed by atoms with Crippen molar-refractivity contribution in [2.45, 2.75) is 0 Å². The summed E-state index contributed by atoms with van der Waals surface area (Å²) >= 11 is 5.71. The van der Waals surface area contributed by atoms with E-state index in [9.17, 15) is 0 Å². The topological polar surface area (TPSA) is 50.9 Å². The van der Waals surface area contributed by atoms with Crippen LogP contribution in [-0.2, 0) is 0 Å². The van der Waals surface area contributed by atoms with Crippen molar-refractivity contribution in [3.8, 4) is 11.7 Å². The molecule has 0 unspecified atom stereocenters. The summed E-state index contributed by atoms with van der Waals surface area (Å²) in [6.45, 7) is 0. The van der Waals surface area contributed by atoms with E-state index in [1.807, 2.05) is 30.3 Å². The van der Waals surface area contributed by atoms with Gasteiger partial charge in [0.05, 0.1) is 5.69 Å². The lowest BCUT2D eigenvalue weighted by molar-refractivity contribution is 0.430. The van der Waals surface area contributed by atoms with Gasteiger partial charge in [-0.05, 0) is 23.7 Å². The molecule has 0 saturated carbocycles. The third-order valence-corrected chi connectivity index (χ3v) is 1.80. The van der Waals surface area contributed by atoms with Gasteiger partial charge in [0.2, 0.25) is 5.28 Å². The van der Waals surface area contributed by atoms with Crippen molar-refractivity contribution in [3.63, 3.8) is 0 Å². The van der Waals surface area contributed by atoms with Gasteiger partial charge in [0, 0.05) is 0 Å². The minimum Gasteiger partial charge on any atom is -0.478 e. The molecule has 13 heavy (non-hydrogen) atoms. The van der Waals surface area contributed by atoms with E-state index in [2.05, 4.69) is 10.1 Å². The minimum atomic E-state index is -0.325. The highest BCUT2D eigenvalue weighted by Gasteiger charge is 2.06. The van der Waals surface area contributed by atoms with Gasteiger partial charge in [-0.3, -0.25) is 0 Å². The highest BCUT2D eigenvalue weighted by Crippen LogP contribution is 2.15. The SMILES string of the molecule is Oc1nc(Cl)n(-c2ccccc2)n1. The van der Waals surface area contributed by atoms with Crippen molar-refractivity contribution in [1.29, 1.82) is 0 Å². The molecule has 2 rings (SSSR count). The summed E-state index contributed by atoms with van der Waals surface area (Å²) < 4.78 is 1.36. The van der Waals surface area contributed by atoms with Gasteiger partial charge in [0.25, 0.3) is 0 Å². The molecule has 0 atom stereocenters. The van der Waals surface area contributed by atoms with E-state index in [0.717, 1.165) is 5.69 Å². The lowest BCUT2D eigenvalue weighted by Gasteiger charge is -1.98. The van der Waals surface area contributed by atoms with Gasteiger partial charge < -0.3 is 5.11 Å². The predicted molar refractivity (Wildman–Crippen MR) is 48.0 cm³/mol. The molecule has 0 bridgehead atoms. The van der Waals surface area contributed by atoms with Gasteiger partial charge in [-0.25, -0.2) is 0 Å². The second kappa shape index (κ2) is 3.06. The van der Waals surface area contributed by atoms with Crippen LogP contribution in [0, 0.1) is 0 Å². The Balaban J connectivity index is 2.53. The largest absolute Gasteiger partial charge is 0.478 e. The maximum absolute atomic E-state index is 8.97. The normalized spacial score (nSPS) is 10.2. The zero-order chi connectivity index (χ0) is 9.26. The fourth-order valence-corrected chi connectivity index (χ4v) is 1.23. The maximum Gasteiger partial charge on any atom is 0.334 e. The summed E-state index contributed by atoms with van der Waals surface area (Å²) in [5.74, 6) is 0. The first-order valence-corrected chi connectivity index (χ1v) is 4.02. The Morgan fingerprint density at radius 1 is 1.23 bits per heavy atom. The van der Waals surface area contributed by atoms with E-state index in [0.29, 0.717) is 0 Å². The molecule has 66 valence electrons. The van der Waals surface area contributed by atoms with Crippen molar-refractivity contribution in [1.82, 2.24) is 14.8 Å². The standard InChI is InChI=1S/C8H6ClN3O/c9-7-10-8(13)11-12(7)6-4-2-1-3-5-6/h1-5H,(H,11,13). The average Bonchev–Trinajstić information content (AvgIpc) is 2.47. The molecule has 1 N–H and O–H groups in total. The molecule has 0 aliphatic carbocycles. The first kappa shape index (κ1) is 8.07. The lowest BCUT2D eigenvalue weighted by atomic mass is 10.3. The molecule has 0 aliphatic rings. The third-order valence-electron chi connectivity index (χ3n) is 1.56. The molecule has 1 aromatic heterocycles. The second-order valence-corrected chi connectivity index (χ2v) is 2.77. The van der Waals surface area contributed by atoms with Crippen molar-refractivity contribution in [3.05, 3.63) is 35.6 Å². The fraction of sp³-hybridized carbons (Fsp3) is 0. The number of benzene rings is 1. The van der Waals surface area contributed by atoms with Gasteiger partial charge in [0.1, 0.15) is 0 Å². The van der Waals surface area contributed by atoms with Crippen LogP contribution in [0.5, 0.6) is 6.01 Å². The van der Waals surface area contributed by atoms with Crippen LogP contribution in [0.15, 0.2) is 30.3 Å². The fourth-order valence-electron chi connectivity index (χ4n) is 1.02. The highest BCUT2D eigenvalue weighted by atomic mass is 35.5. The van der Waals surface area contributed by atoms with Crippen molar-refractivity contribution >= 4 is 11.6 Å². The van der Waals surface area contributed by atoms with E-state index in [-0.39, 0.29) is 11.3 Å². The Hall–Kier alpha value is -1.55. The molecular weight excluding hydrogens is 190 g/mol. The summed E-state index contributed by atoms with van der Waals surface area (Å²) in [5.41, 5.74) is 0.764. The molecule has 0 radical (unpaired) electrons. The van der Waals surface area contributed by atoms with Crippen molar-refractivity contribution < 1.29 is 5.11 Å². The van der Waals surface area contributed by atoms with Gasteiger partial charge in [-0.1, -0.05) is 18.2 Å². The van der Waals surface area contributed by atoms with Crippen LogP contribution in [0.2, 0.25) is 5.28 Å². The zero-order valence-corrected chi connectivity index (χ0v) is 7.31. The van der Waals surface area contributed by atoms with E-state index in [4.69, 9.17) is 16.7 Å². The maximum atomic E-state index is 8.97. The van der Waals surface area contributed by atoms with Crippen LogP contribution >= 0.6 is 11.6 Å². The molecule has 1 heterocycles. The number of aromatic hydroxyl groups is 1. The van der Waals surface area contributed by atoms with Gasteiger partial charge in [-0.15, -0.1) is 5.10 Å². The zero-order valence-electron chi connectivity index (χ0n) is 6.55. The van der Waals surface area contributed by atoms with E-state index in [1.165, 1.54) is 4.68 Å². The van der Waals surface area contributed by atoms with Crippen molar-refractivity contribution in [2.75, 3.05) is 0 Å². The predicted octanol–water partition coefficient (Wildman–Crippen LogP) is 1.63. The molecule has 0 amide bonds. The number of hydrogen-bond donors (Lipinski definition) is 1. The Kier molecular flexibility index (Phi) is 1.90. The molecule has 0 aliphatic heterocycles. The number of hydrogen-bond acceptors (Lipinski definition) is 3. The molecule has 2 aromatic rings. The first-order chi connectivity index (χ1) is 6.27. The molecule has 0 spiro atoms. The van der Waals surface area contributed by atoms with Crippen LogP contribution < -0.4 is 0 Å². The molecule has 4 nitrogen and oxygen atoms in total. The average molecular weight is 196 g/mol. The quantitative estimate of drug-likeness (QED) is 0.753. The summed E-state index contributed by atoms with van der Waals surface area (Å²) in [4.78, 5) is 3.56. The van der Waals surface area contributed by atoms with Crippen LogP contribution in [0.4, 0.5) is 0 Å². The monoisotopic (exact) mass is 195 g/mol. The van der Waals surface area contributed by atoms with Crippen LogP contribution in [0.25, 0.3) is 5.69 Å². The van der Waals surface area contributed by atoms with Crippen LogP contribution in [-0.4, -0.2) is 19.9 Å². The molecular formula is C8H6ClN3O. The molecule has 0 fully saturated rings. The van der Waals surface area contributed by atoms with Crippen LogP contribution in [0.3, 0.4) is 0 Å². The number of rotatable bonds is 1. The Morgan fingerprint density at radius 3 is 2.46 bits per heavy atom. The molecule has 1 aromatic carbocycles. The van der Waals surface area contributed by atoms with Crippen LogP contribution in [0.1, 0.15) is 0 Å². The lowest BCUT2D eigenvalue weighted by Crippen LogP contribution is -1.95. The number of halogens is 1. The van der Waals surface area contributed by atoms with Crippen molar-refractivity contribution in [2.24, 2.45) is 0 Å². The minimum absolute atomic E-state index is 0.142. The number of nitrogens with zero attached hydrogens (tertiary/aromatic N) is 3. The highest BCUT2D eigenvalue weighted by molar-refractivity contribution is 6.28. The van der Waals surface area contributed by atoms with Gasteiger partial charge in [-0.2, -0.15) is 9.67 Å². The van der Waals surface area contributed by atoms with E-state index in [1.54, 1.807) is 0 Å². The molecule has 5 heteroatoms. The Bertz CT molecular complexity index is 413. The van der Waals surface area contributed by atoms with E-state index >= 15 is 0 Å². The summed E-state index contributed by atoms with van der Waals surface area (Å²) in [6.07, 6.45) is 0. The van der Waals surface area contributed by atoms with Gasteiger partial charge in [0.15, 0.2) is 0 Å². The third kappa shape index (κ3) is 1.48. The first-order valence-electron chi connectivity index (χ1n) is 3.64. The van der Waals surface area contributed by atoms with E-state index < -0.39 is 0 Å². The second-order valence-electron chi connectivity index (χ2n) is 2.43. The Labute approximate surface area is 79.4 Å². The Morgan fingerprint density at radius 2 is 1.92 bits per heavy atom. The molecule has 0 saturated heterocycles. The number of aromatic nitrogens is 3. The van der Waals surface area contributed by atoms with Gasteiger partial charge >= 0.3 is 6.01 Å². The smallest absolute Gasteiger partial charge is 0.334 e. The summed E-state index contributed by atoms with van der Waals surface area (Å²) in [7, 11) is 0. The summed E-state index contributed by atoms with van der Waals surface area (Å²) in [6, 6.07) is 8.90. The number of para-hydroxylation sites is 1. The summed E-state index contributed by atoms with van der Waals surface area (Å²) in [5, 5.41) is 12.8.